The van der Waals surface area contributed by atoms with E-state index in [1.54, 1.807) is 4.90 Å². The maximum absolute atomic E-state index is 12.4. The van der Waals surface area contributed by atoms with Crippen LogP contribution in [0.25, 0.3) is 10.9 Å². The molecule has 0 aliphatic carbocycles. The van der Waals surface area contributed by atoms with Gasteiger partial charge in [-0.2, -0.15) is 0 Å². The number of aliphatic hydroxyl groups is 1. The number of nitrogens with one attached hydrogen (secondary N) is 1. The molecular weight excluding hydrogens is 240 g/mol. The van der Waals surface area contributed by atoms with Gasteiger partial charge >= 0.3 is 0 Å². The number of aromatic nitrogens is 1. The summed E-state index contributed by atoms with van der Waals surface area (Å²) in [5.74, 6) is 0.0108. The Bertz CT molecular complexity index is 645. The lowest BCUT2D eigenvalue weighted by atomic mass is 10.1. The molecule has 1 saturated heterocycles. The summed E-state index contributed by atoms with van der Waals surface area (Å²) in [6.45, 7) is 5.18. The number of aliphatic hydroxyl groups excluding tert-OH is 1. The van der Waals surface area contributed by atoms with E-state index in [1.807, 2.05) is 25.1 Å². The van der Waals surface area contributed by atoms with Crippen molar-refractivity contribution >= 4 is 16.8 Å². The lowest BCUT2D eigenvalue weighted by molar-refractivity contribution is 0.0765. The first-order valence-electron chi connectivity index (χ1n) is 6.62. The van der Waals surface area contributed by atoms with Gasteiger partial charge in [0.25, 0.3) is 5.91 Å². The summed E-state index contributed by atoms with van der Waals surface area (Å²) in [5.41, 5.74) is 4.08. The molecule has 4 nitrogen and oxygen atoms in total. The van der Waals surface area contributed by atoms with Crippen molar-refractivity contribution in [2.45, 2.75) is 26.4 Å². The highest BCUT2D eigenvalue weighted by atomic mass is 16.3. The number of likely N-dealkylation sites (tertiary alicyclic amines) is 1. The number of fused-ring (bicyclic) bond motifs is 1. The Morgan fingerprint density at radius 2 is 2.21 bits per heavy atom. The van der Waals surface area contributed by atoms with Crippen molar-refractivity contribution in [3.63, 3.8) is 0 Å². The number of hydrogen-bond donors (Lipinski definition) is 2. The maximum atomic E-state index is 12.4. The highest BCUT2D eigenvalue weighted by molar-refractivity contribution is 5.99. The Morgan fingerprint density at radius 3 is 2.89 bits per heavy atom. The molecule has 2 heterocycles. The number of hydrogen-bond acceptors (Lipinski definition) is 2. The number of carbonyl (C=O) groups excluding carboxylic acids is 1. The van der Waals surface area contributed by atoms with Crippen LogP contribution in [0.2, 0.25) is 0 Å². The van der Waals surface area contributed by atoms with E-state index >= 15 is 0 Å². The molecule has 1 amide bonds. The van der Waals surface area contributed by atoms with Crippen LogP contribution in [-0.2, 0) is 0 Å². The molecule has 1 aromatic carbocycles. The van der Waals surface area contributed by atoms with Gasteiger partial charge in [-0.15, -0.1) is 0 Å². The third-order valence-electron chi connectivity index (χ3n) is 4.01. The Hall–Kier alpha value is -1.81. The third kappa shape index (κ3) is 2.02. The number of β-amino-alcohol motifs (C(OH)–C–C–N with tert-alkyl or cyclic N) is 1. The molecule has 2 N–H and O–H groups in total. The highest BCUT2D eigenvalue weighted by Crippen LogP contribution is 2.23. The Kier molecular flexibility index (Phi) is 2.82. The molecular formula is C15H18N2O2. The van der Waals surface area contributed by atoms with Crippen LogP contribution < -0.4 is 0 Å². The number of aryl methyl sites for hydroxylation is 2. The second-order valence-electron chi connectivity index (χ2n) is 5.33. The lowest BCUT2D eigenvalue weighted by Crippen LogP contribution is -2.29. The summed E-state index contributed by atoms with van der Waals surface area (Å²) in [4.78, 5) is 17.4. The summed E-state index contributed by atoms with van der Waals surface area (Å²) in [6, 6.07) is 5.75. The molecule has 0 saturated carbocycles. The summed E-state index contributed by atoms with van der Waals surface area (Å²) < 4.78 is 0. The van der Waals surface area contributed by atoms with Crippen molar-refractivity contribution in [2.24, 2.45) is 0 Å². The topological polar surface area (TPSA) is 56.3 Å². The molecule has 0 bridgehead atoms. The highest BCUT2D eigenvalue weighted by Gasteiger charge is 2.25. The molecule has 1 aliphatic rings. The van der Waals surface area contributed by atoms with E-state index in [-0.39, 0.29) is 12.0 Å². The molecule has 3 rings (SSSR count). The molecule has 2 aromatic rings. The zero-order valence-electron chi connectivity index (χ0n) is 11.2. The van der Waals surface area contributed by atoms with Gasteiger partial charge in [0, 0.05) is 35.2 Å². The van der Waals surface area contributed by atoms with Crippen LogP contribution in [0.4, 0.5) is 0 Å². The van der Waals surface area contributed by atoms with Crippen LogP contribution in [-0.4, -0.2) is 40.1 Å². The van der Waals surface area contributed by atoms with E-state index < -0.39 is 0 Å². The van der Waals surface area contributed by atoms with Crippen molar-refractivity contribution in [2.75, 3.05) is 13.1 Å². The second-order valence-corrected chi connectivity index (χ2v) is 5.33. The second kappa shape index (κ2) is 4.38. The third-order valence-corrected chi connectivity index (χ3v) is 4.01. The van der Waals surface area contributed by atoms with Gasteiger partial charge in [0.15, 0.2) is 0 Å². The van der Waals surface area contributed by atoms with Crippen molar-refractivity contribution in [3.05, 3.63) is 35.0 Å². The largest absolute Gasteiger partial charge is 0.391 e. The van der Waals surface area contributed by atoms with Crippen molar-refractivity contribution in [1.82, 2.24) is 9.88 Å². The van der Waals surface area contributed by atoms with E-state index in [1.165, 1.54) is 5.56 Å². The zero-order chi connectivity index (χ0) is 13.6. The smallest absolute Gasteiger partial charge is 0.253 e. The molecule has 0 spiro atoms. The monoisotopic (exact) mass is 258 g/mol. The van der Waals surface area contributed by atoms with Crippen LogP contribution in [0, 0.1) is 13.8 Å². The SMILES string of the molecule is Cc1[nH]c2ccc(C(=O)N3CC[C@H](O)C3)cc2c1C. The quantitative estimate of drug-likeness (QED) is 0.822. The molecule has 1 aromatic heterocycles. The minimum Gasteiger partial charge on any atom is -0.391 e. The fraction of sp³-hybridized carbons (Fsp3) is 0.400. The summed E-state index contributed by atoms with van der Waals surface area (Å²) >= 11 is 0. The molecule has 0 radical (unpaired) electrons. The van der Waals surface area contributed by atoms with Crippen LogP contribution in [0.5, 0.6) is 0 Å². The van der Waals surface area contributed by atoms with E-state index in [2.05, 4.69) is 11.9 Å². The maximum Gasteiger partial charge on any atom is 0.253 e. The van der Waals surface area contributed by atoms with Gasteiger partial charge in [0.2, 0.25) is 0 Å². The minimum atomic E-state index is -0.371. The van der Waals surface area contributed by atoms with Gasteiger partial charge < -0.3 is 15.0 Å². The van der Waals surface area contributed by atoms with Gasteiger partial charge in [-0.3, -0.25) is 4.79 Å². The molecule has 4 heteroatoms. The first-order chi connectivity index (χ1) is 9.06. The van der Waals surface area contributed by atoms with Crippen molar-refractivity contribution < 1.29 is 9.90 Å². The average molecular weight is 258 g/mol. The number of carbonyl (C=O) groups is 1. The number of benzene rings is 1. The van der Waals surface area contributed by atoms with Crippen LogP contribution >= 0.6 is 0 Å². The average Bonchev–Trinajstić information content (AvgIpc) is 2.94. The zero-order valence-corrected chi connectivity index (χ0v) is 11.2. The standard InChI is InChI=1S/C15H18N2O2/c1-9-10(2)16-14-4-3-11(7-13(9)14)15(19)17-6-5-12(18)8-17/h3-4,7,12,16,18H,5-6,8H2,1-2H3/t12-/m0/s1. The van der Waals surface area contributed by atoms with Gasteiger partial charge in [0.05, 0.1) is 6.10 Å². The van der Waals surface area contributed by atoms with Crippen molar-refractivity contribution in [1.29, 1.82) is 0 Å². The van der Waals surface area contributed by atoms with Gasteiger partial charge in [0.1, 0.15) is 0 Å². The van der Waals surface area contributed by atoms with Crippen LogP contribution in [0.15, 0.2) is 18.2 Å². The summed E-state index contributed by atoms with van der Waals surface area (Å²) in [6.07, 6.45) is 0.305. The molecule has 100 valence electrons. The number of amides is 1. The van der Waals surface area contributed by atoms with Crippen molar-refractivity contribution in [3.8, 4) is 0 Å². The van der Waals surface area contributed by atoms with Gasteiger partial charge in [-0.1, -0.05) is 0 Å². The predicted octanol–water partition coefficient (Wildman–Crippen LogP) is 1.99. The lowest BCUT2D eigenvalue weighted by Gasteiger charge is -2.15. The molecule has 1 fully saturated rings. The minimum absolute atomic E-state index is 0.0108. The predicted molar refractivity (Wildman–Crippen MR) is 74.3 cm³/mol. The van der Waals surface area contributed by atoms with E-state index in [0.717, 1.165) is 16.6 Å². The van der Waals surface area contributed by atoms with E-state index in [9.17, 15) is 9.90 Å². The first kappa shape index (κ1) is 12.2. The fourth-order valence-electron chi connectivity index (χ4n) is 2.70. The van der Waals surface area contributed by atoms with Gasteiger partial charge in [-0.05, 0) is 44.0 Å². The van der Waals surface area contributed by atoms with E-state index in [0.29, 0.717) is 25.1 Å². The Labute approximate surface area is 112 Å². The number of H-pyrrole nitrogens is 1. The fourth-order valence-corrected chi connectivity index (χ4v) is 2.70. The number of aromatic amines is 1. The Morgan fingerprint density at radius 1 is 1.42 bits per heavy atom. The van der Waals surface area contributed by atoms with Crippen LogP contribution in [0.1, 0.15) is 28.0 Å². The van der Waals surface area contributed by atoms with E-state index in [4.69, 9.17) is 0 Å². The molecule has 0 unspecified atom stereocenters. The first-order valence-corrected chi connectivity index (χ1v) is 6.62. The number of rotatable bonds is 1. The summed E-state index contributed by atoms with van der Waals surface area (Å²) in [5, 5.41) is 10.6. The normalized spacial score (nSPS) is 19.3. The van der Waals surface area contributed by atoms with Gasteiger partial charge in [-0.25, -0.2) is 0 Å². The number of nitrogens with zero attached hydrogens (tertiary/aromatic N) is 1. The summed E-state index contributed by atoms with van der Waals surface area (Å²) in [7, 11) is 0. The molecule has 1 aliphatic heterocycles. The molecule has 19 heavy (non-hydrogen) atoms. The Balaban J connectivity index is 1.96. The van der Waals surface area contributed by atoms with Crippen LogP contribution in [0.3, 0.4) is 0 Å². The molecule has 1 atom stereocenters.